The van der Waals surface area contributed by atoms with Crippen molar-refractivity contribution >= 4 is 5.69 Å². The van der Waals surface area contributed by atoms with Gasteiger partial charge in [0.05, 0.1) is 36.5 Å². The first-order valence-corrected chi connectivity index (χ1v) is 6.67. The van der Waals surface area contributed by atoms with E-state index in [1.165, 1.54) is 12.8 Å². The summed E-state index contributed by atoms with van der Waals surface area (Å²) in [5.41, 5.74) is 1.79. The van der Waals surface area contributed by atoms with Gasteiger partial charge >= 0.3 is 0 Å². The first kappa shape index (κ1) is 12.2. The molecule has 2 aromatic heterocycles. The largest absolute Gasteiger partial charge is 0.467 e. The smallest absolute Gasteiger partial charge is 0.123 e. The van der Waals surface area contributed by atoms with E-state index in [0.29, 0.717) is 11.7 Å². The number of aliphatic hydroxyl groups excluding tert-OH is 1. The number of nitrogens with zero attached hydrogens (tertiary/aromatic N) is 2. The zero-order valence-corrected chi connectivity index (χ0v) is 11.0. The summed E-state index contributed by atoms with van der Waals surface area (Å²) < 4.78 is 5.42. The summed E-state index contributed by atoms with van der Waals surface area (Å²) in [6.07, 6.45) is 5.46. The maximum absolute atomic E-state index is 9.49. The second-order valence-electron chi connectivity index (χ2n) is 5.06. The van der Waals surface area contributed by atoms with Crippen LogP contribution in [0.2, 0.25) is 0 Å². The van der Waals surface area contributed by atoms with Crippen LogP contribution in [-0.4, -0.2) is 16.1 Å². The van der Waals surface area contributed by atoms with E-state index in [1.54, 1.807) is 13.2 Å². The highest BCUT2D eigenvalue weighted by Gasteiger charge is 2.30. The summed E-state index contributed by atoms with van der Waals surface area (Å²) >= 11 is 0. The van der Waals surface area contributed by atoms with E-state index in [-0.39, 0.29) is 0 Å². The lowest BCUT2D eigenvalue weighted by molar-refractivity contribution is 0.194. The lowest BCUT2D eigenvalue weighted by Crippen LogP contribution is -2.24. The fraction of sp³-hybridized carbons (Fsp3) is 0.400. The van der Waals surface area contributed by atoms with Crippen molar-refractivity contribution in [3.05, 3.63) is 48.2 Å². The molecule has 2 heterocycles. The molecule has 0 saturated heterocycles. The van der Waals surface area contributed by atoms with E-state index in [2.05, 4.69) is 9.88 Å². The van der Waals surface area contributed by atoms with Crippen molar-refractivity contribution in [3.63, 3.8) is 0 Å². The maximum atomic E-state index is 9.49. The van der Waals surface area contributed by atoms with Crippen LogP contribution in [0.5, 0.6) is 0 Å². The summed E-state index contributed by atoms with van der Waals surface area (Å²) in [4.78, 5) is 6.63. The van der Waals surface area contributed by atoms with Gasteiger partial charge in [0.2, 0.25) is 0 Å². The van der Waals surface area contributed by atoms with Crippen LogP contribution < -0.4 is 4.90 Å². The fourth-order valence-corrected chi connectivity index (χ4v) is 2.20. The molecule has 1 aliphatic rings. The van der Waals surface area contributed by atoms with Crippen LogP contribution in [0.15, 0.2) is 41.1 Å². The minimum absolute atomic E-state index is 0.520. The normalized spacial score (nSPS) is 16.3. The van der Waals surface area contributed by atoms with Crippen molar-refractivity contribution in [2.24, 2.45) is 0 Å². The lowest BCUT2D eigenvalue weighted by Gasteiger charge is -2.23. The van der Waals surface area contributed by atoms with Gasteiger partial charge < -0.3 is 14.4 Å². The zero-order valence-electron chi connectivity index (χ0n) is 11.0. The van der Waals surface area contributed by atoms with Crippen LogP contribution in [0.25, 0.3) is 0 Å². The molecule has 0 aromatic carbocycles. The van der Waals surface area contributed by atoms with Crippen molar-refractivity contribution in [1.29, 1.82) is 0 Å². The topological polar surface area (TPSA) is 49.5 Å². The van der Waals surface area contributed by atoms with Gasteiger partial charge in [0, 0.05) is 6.04 Å². The predicted molar refractivity (Wildman–Crippen MR) is 72.8 cm³/mol. The van der Waals surface area contributed by atoms with Crippen LogP contribution in [0.4, 0.5) is 5.69 Å². The minimum atomic E-state index is -0.520. The van der Waals surface area contributed by atoms with E-state index in [1.807, 2.05) is 30.5 Å². The molecule has 19 heavy (non-hydrogen) atoms. The van der Waals surface area contributed by atoms with Gasteiger partial charge in [-0.2, -0.15) is 0 Å². The van der Waals surface area contributed by atoms with Crippen LogP contribution in [0, 0.1) is 0 Å². The Balaban J connectivity index is 1.79. The second-order valence-corrected chi connectivity index (χ2v) is 5.06. The maximum Gasteiger partial charge on any atom is 0.123 e. The van der Waals surface area contributed by atoms with E-state index >= 15 is 0 Å². The highest BCUT2D eigenvalue weighted by atomic mass is 16.3. The van der Waals surface area contributed by atoms with Crippen LogP contribution in [-0.2, 0) is 6.54 Å². The summed E-state index contributed by atoms with van der Waals surface area (Å²) in [7, 11) is 0. The average molecular weight is 258 g/mol. The minimum Gasteiger partial charge on any atom is -0.467 e. The van der Waals surface area contributed by atoms with E-state index in [9.17, 15) is 5.11 Å². The summed E-state index contributed by atoms with van der Waals surface area (Å²) in [5.74, 6) is 0.964. The monoisotopic (exact) mass is 258 g/mol. The van der Waals surface area contributed by atoms with Crippen molar-refractivity contribution < 1.29 is 9.52 Å². The number of pyridine rings is 1. The van der Waals surface area contributed by atoms with Gasteiger partial charge in [0.25, 0.3) is 0 Å². The van der Waals surface area contributed by atoms with Gasteiger partial charge in [-0.25, -0.2) is 0 Å². The number of rotatable bonds is 5. The molecule has 0 aliphatic heterocycles. The molecule has 0 radical (unpaired) electrons. The first-order chi connectivity index (χ1) is 9.24. The standard InChI is InChI=1S/C15H18N2O2/c1-11(18)15-7-6-13(9-16-15)17(12-4-5-12)10-14-3-2-8-19-14/h2-3,6-9,11-12,18H,4-5,10H2,1H3/t11-/m0/s1. The summed E-state index contributed by atoms with van der Waals surface area (Å²) in [6, 6.07) is 8.40. The Labute approximate surface area is 112 Å². The Bertz CT molecular complexity index is 516. The number of aromatic nitrogens is 1. The third-order valence-electron chi connectivity index (χ3n) is 3.42. The van der Waals surface area contributed by atoms with Crippen LogP contribution >= 0.6 is 0 Å². The number of anilines is 1. The molecular formula is C15H18N2O2. The van der Waals surface area contributed by atoms with Gasteiger partial charge in [-0.05, 0) is 44.0 Å². The van der Waals surface area contributed by atoms with Gasteiger partial charge in [-0.3, -0.25) is 4.98 Å². The fourth-order valence-electron chi connectivity index (χ4n) is 2.20. The summed E-state index contributed by atoms with van der Waals surface area (Å²) in [6.45, 7) is 2.50. The molecule has 1 N–H and O–H groups in total. The number of furan rings is 1. The second kappa shape index (κ2) is 5.05. The molecule has 0 bridgehead atoms. The molecule has 100 valence electrons. The van der Waals surface area contributed by atoms with Crippen LogP contribution in [0.1, 0.15) is 37.3 Å². The van der Waals surface area contributed by atoms with Crippen molar-refractivity contribution in [2.45, 2.75) is 38.5 Å². The van der Waals surface area contributed by atoms with Crippen molar-refractivity contribution in [3.8, 4) is 0 Å². The molecule has 1 fully saturated rings. The summed E-state index contributed by atoms with van der Waals surface area (Å²) in [5, 5.41) is 9.49. The van der Waals surface area contributed by atoms with Crippen molar-refractivity contribution in [1.82, 2.24) is 4.98 Å². The average Bonchev–Trinajstić information content (AvgIpc) is 3.13. The quantitative estimate of drug-likeness (QED) is 0.896. The Hall–Kier alpha value is -1.81. The highest BCUT2D eigenvalue weighted by molar-refractivity contribution is 5.47. The van der Waals surface area contributed by atoms with Gasteiger partial charge in [0.1, 0.15) is 5.76 Å². The predicted octanol–water partition coefficient (Wildman–Crippen LogP) is 2.90. The molecule has 0 amide bonds. The van der Waals surface area contributed by atoms with E-state index < -0.39 is 6.10 Å². The third-order valence-corrected chi connectivity index (χ3v) is 3.42. The van der Waals surface area contributed by atoms with E-state index in [4.69, 9.17) is 4.42 Å². The van der Waals surface area contributed by atoms with Gasteiger partial charge in [0.15, 0.2) is 0 Å². The molecule has 1 aliphatic carbocycles. The van der Waals surface area contributed by atoms with Gasteiger partial charge in [-0.1, -0.05) is 0 Å². The zero-order chi connectivity index (χ0) is 13.2. The Morgan fingerprint density at radius 3 is 2.79 bits per heavy atom. The molecule has 2 aromatic rings. The van der Waals surface area contributed by atoms with Gasteiger partial charge in [-0.15, -0.1) is 0 Å². The molecule has 4 nitrogen and oxygen atoms in total. The molecular weight excluding hydrogens is 240 g/mol. The lowest BCUT2D eigenvalue weighted by atomic mass is 10.2. The van der Waals surface area contributed by atoms with Crippen molar-refractivity contribution in [2.75, 3.05) is 4.90 Å². The number of hydrogen-bond donors (Lipinski definition) is 1. The Kier molecular flexibility index (Phi) is 3.25. The number of aliphatic hydroxyl groups is 1. The molecule has 4 heteroatoms. The molecule has 0 unspecified atom stereocenters. The molecule has 1 atom stereocenters. The first-order valence-electron chi connectivity index (χ1n) is 6.67. The number of hydrogen-bond acceptors (Lipinski definition) is 4. The molecule has 1 saturated carbocycles. The van der Waals surface area contributed by atoms with E-state index in [0.717, 1.165) is 18.0 Å². The Morgan fingerprint density at radius 1 is 1.42 bits per heavy atom. The SMILES string of the molecule is C[C@H](O)c1ccc(N(Cc2ccco2)C2CC2)cn1. The third kappa shape index (κ3) is 2.79. The molecule has 3 rings (SSSR count). The van der Waals surface area contributed by atoms with Crippen LogP contribution in [0.3, 0.4) is 0 Å². The Morgan fingerprint density at radius 2 is 2.26 bits per heavy atom. The molecule has 0 spiro atoms. The highest BCUT2D eigenvalue weighted by Crippen LogP contribution is 2.33.